The Kier molecular flexibility index (Phi) is 2.87. The van der Waals surface area contributed by atoms with Crippen molar-refractivity contribution in [1.82, 2.24) is 0 Å². The van der Waals surface area contributed by atoms with Crippen LogP contribution < -0.4 is 5.11 Å². The quantitative estimate of drug-likeness (QED) is 0.453. The first kappa shape index (κ1) is 8.10. The summed E-state index contributed by atoms with van der Waals surface area (Å²) < 4.78 is 0. The van der Waals surface area contributed by atoms with Crippen molar-refractivity contribution in [2.75, 3.05) is 0 Å². The van der Waals surface area contributed by atoms with Crippen molar-refractivity contribution in [2.24, 2.45) is 0 Å². The van der Waals surface area contributed by atoms with Crippen molar-refractivity contribution in [1.29, 1.82) is 0 Å². The molecule has 0 spiro atoms. The lowest BCUT2D eigenvalue weighted by atomic mass is 10.2. The van der Waals surface area contributed by atoms with E-state index >= 15 is 0 Å². The van der Waals surface area contributed by atoms with Crippen LogP contribution in [0.3, 0.4) is 0 Å². The lowest BCUT2D eigenvalue weighted by molar-refractivity contribution is -0.300. The minimum Gasteiger partial charge on any atom is -0.542 e. The van der Waals surface area contributed by atoms with Gasteiger partial charge in [0.05, 0.1) is 6.10 Å². The number of aliphatic carboxylic acids is 1. The van der Waals surface area contributed by atoms with Gasteiger partial charge in [0.2, 0.25) is 0 Å². The topological polar surface area (TPSA) is 77.4 Å². The Morgan fingerprint density at radius 3 is 2.22 bits per heavy atom. The maximum Gasteiger partial charge on any atom is 0.180 e. The number of aliphatic hydroxyl groups excluding tert-OH is 1. The van der Waals surface area contributed by atoms with Gasteiger partial charge >= 0.3 is 0 Å². The molecule has 0 fully saturated rings. The van der Waals surface area contributed by atoms with E-state index in [4.69, 9.17) is 5.11 Å². The summed E-state index contributed by atoms with van der Waals surface area (Å²) in [7, 11) is 0. The van der Waals surface area contributed by atoms with Gasteiger partial charge in [0.15, 0.2) is 5.78 Å². The van der Waals surface area contributed by atoms with Crippen LogP contribution in [0.5, 0.6) is 0 Å². The number of carboxylic acid groups (broad SMARTS) is 1. The van der Waals surface area contributed by atoms with E-state index < -0.39 is 17.9 Å². The van der Waals surface area contributed by atoms with Crippen LogP contribution in [-0.4, -0.2) is 23.0 Å². The Morgan fingerprint density at radius 2 is 2.11 bits per heavy atom. The van der Waals surface area contributed by atoms with E-state index in [0.717, 1.165) is 0 Å². The van der Waals surface area contributed by atoms with Gasteiger partial charge in [-0.25, -0.2) is 0 Å². The Morgan fingerprint density at radius 1 is 1.67 bits per heavy atom. The molecule has 1 unspecified atom stereocenters. The minimum atomic E-state index is -1.74. The Labute approximate surface area is 52.1 Å². The highest BCUT2D eigenvalue weighted by molar-refractivity contribution is 6.31. The summed E-state index contributed by atoms with van der Waals surface area (Å²) in [6.07, 6.45) is -1.28. The summed E-state index contributed by atoms with van der Waals surface area (Å²) in [5.74, 6) is -2.80. The van der Waals surface area contributed by atoms with Crippen LogP contribution in [0.2, 0.25) is 0 Å². The van der Waals surface area contributed by atoms with Gasteiger partial charge in [-0.05, 0) is 6.92 Å². The fraction of sp³-hybridized carbons (Fsp3) is 0.600. The molecule has 0 aromatic carbocycles. The van der Waals surface area contributed by atoms with Gasteiger partial charge in [-0.1, -0.05) is 0 Å². The first-order valence-electron chi connectivity index (χ1n) is 2.46. The maximum atomic E-state index is 10.1. The average Bonchev–Trinajstić information content (AvgIpc) is 1.63. The molecule has 0 radical (unpaired) electrons. The van der Waals surface area contributed by atoms with Gasteiger partial charge in [-0.3, -0.25) is 4.79 Å². The molecule has 0 heterocycles. The van der Waals surface area contributed by atoms with Crippen molar-refractivity contribution >= 4 is 11.8 Å². The standard InChI is InChI=1S/C5H8O4/c1-3(6)2-4(7)5(8)9/h3,6H,2H2,1H3,(H,8,9)/p-1. The van der Waals surface area contributed by atoms with Crippen LogP contribution in [0.25, 0.3) is 0 Å². The number of ketones is 1. The van der Waals surface area contributed by atoms with Gasteiger partial charge in [-0.15, -0.1) is 0 Å². The SMILES string of the molecule is CC(O)CC(=O)C(=O)[O-]. The van der Waals surface area contributed by atoms with Crippen LogP contribution >= 0.6 is 0 Å². The van der Waals surface area contributed by atoms with Gasteiger partial charge in [-0.2, -0.15) is 0 Å². The molecule has 9 heavy (non-hydrogen) atoms. The van der Waals surface area contributed by atoms with Crippen LogP contribution in [-0.2, 0) is 9.59 Å². The molecule has 0 aliphatic carbocycles. The van der Waals surface area contributed by atoms with E-state index in [1.165, 1.54) is 6.92 Å². The van der Waals surface area contributed by atoms with Gasteiger partial charge in [0.1, 0.15) is 5.97 Å². The molecule has 0 rings (SSSR count). The second-order valence-corrected chi connectivity index (χ2v) is 1.76. The Hall–Kier alpha value is -0.900. The zero-order chi connectivity index (χ0) is 7.44. The number of Topliss-reactive ketones (excluding diaryl/α,β-unsaturated/α-hetero) is 1. The Bertz CT molecular complexity index is 127. The number of carbonyl (C=O) groups is 2. The number of aliphatic hydroxyl groups is 1. The highest BCUT2D eigenvalue weighted by Gasteiger charge is 2.05. The van der Waals surface area contributed by atoms with Crippen LogP contribution in [0.1, 0.15) is 13.3 Å². The average molecular weight is 131 g/mol. The van der Waals surface area contributed by atoms with Crippen molar-refractivity contribution < 1.29 is 19.8 Å². The van der Waals surface area contributed by atoms with Crippen molar-refractivity contribution in [2.45, 2.75) is 19.4 Å². The smallest absolute Gasteiger partial charge is 0.180 e. The first-order chi connectivity index (χ1) is 4.04. The highest BCUT2D eigenvalue weighted by atomic mass is 16.4. The Balaban J connectivity index is 3.65. The lowest BCUT2D eigenvalue weighted by Gasteiger charge is -2.01. The fourth-order valence-corrected chi connectivity index (χ4v) is 0.352. The molecule has 0 aromatic heterocycles. The van der Waals surface area contributed by atoms with Gasteiger partial charge in [0, 0.05) is 6.42 Å². The molecular formula is C5H7O4-. The molecule has 0 saturated carbocycles. The molecule has 1 N–H and O–H groups in total. The molecule has 0 amide bonds. The fourth-order valence-electron chi connectivity index (χ4n) is 0.352. The third kappa shape index (κ3) is 3.66. The molecule has 4 nitrogen and oxygen atoms in total. The maximum absolute atomic E-state index is 10.1. The zero-order valence-electron chi connectivity index (χ0n) is 4.96. The molecular weight excluding hydrogens is 124 g/mol. The van der Waals surface area contributed by atoms with Crippen molar-refractivity contribution in [3.05, 3.63) is 0 Å². The largest absolute Gasteiger partial charge is 0.542 e. The van der Waals surface area contributed by atoms with E-state index in [0.29, 0.717) is 0 Å². The second kappa shape index (κ2) is 3.19. The molecule has 4 heteroatoms. The molecule has 0 bridgehead atoms. The van der Waals surface area contributed by atoms with E-state index in [1.807, 2.05) is 0 Å². The predicted molar refractivity (Wildman–Crippen MR) is 26.3 cm³/mol. The molecule has 0 saturated heterocycles. The van der Waals surface area contributed by atoms with E-state index in [9.17, 15) is 14.7 Å². The lowest BCUT2D eigenvalue weighted by Crippen LogP contribution is -2.33. The number of carboxylic acids is 1. The van der Waals surface area contributed by atoms with Crippen LogP contribution in [0, 0.1) is 0 Å². The van der Waals surface area contributed by atoms with E-state index in [2.05, 4.69) is 0 Å². The highest BCUT2D eigenvalue weighted by Crippen LogP contribution is 1.88. The second-order valence-electron chi connectivity index (χ2n) is 1.76. The van der Waals surface area contributed by atoms with Crippen molar-refractivity contribution in [3.63, 3.8) is 0 Å². The third-order valence-electron chi connectivity index (χ3n) is 0.708. The molecule has 0 aromatic rings. The number of hydrogen-bond acceptors (Lipinski definition) is 4. The monoisotopic (exact) mass is 131 g/mol. The van der Waals surface area contributed by atoms with Crippen LogP contribution in [0.4, 0.5) is 0 Å². The van der Waals surface area contributed by atoms with Crippen molar-refractivity contribution in [3.8, 4) is 0 Å². The summed E-state index contributed by atoms with van der Waals surface area (Å²) in [4.78, 5) is 19.8. The molecule has 0 aliphatic heterocycles. The molecule has 1 atom stereocenters. The first-order valence-corrected chi connectivity index (χ1v) is 2.46. The number of rotatable bonds is 3. The van der Waals surface area contributed by atoms with Gasteiger partial charge < -0.3 is 15.0 Å². The summed E-state index contributed by atoms with van der Waals surface area (Å²) in [6.45, 7) is 1.33. The predicted octanol–water partition coefficient (Wildman–Crippen LogP) is -1.92. The summed E-state index contributed by atoms with van der Waals surface area (Å²) in [5.41, 5.74) is 0. The zero-order valence-corrected chi connectivity index (χ0v) is 4.96. The van der Waals surface area contributed by atoms with Crippen LogP contribution in [0.15, 0.2) is 0 Å². The summed E-state index contributed by atoms with van der Waals surface area (Å²) in [6, 6.07) is 0. The van der Waals surface area contributed by atoms with Gasteiger partial charge in [0.25, 0.3) is 0 Å². The van der Waals surface area contributed by atoms with E-state index in [1.54, 1.807) is 0 Å². The number of carbonyl (C=O) groups excluding carboxylic acids is 2. The normalized spacial score (nSPS) is 12.7. The third-order valence-corrected chi connectivity index (χ3v) is 0.708. The minimum absolute atomic E-state index is 0.373. The molecule has 52 valence electrons. The number of hydrogen-bond donors (Lipinski definition) is 1. The van der Waals surface area contributed by atoms with E-state index in [-0.39, 0.29) is 6.42 Å². The summed E-state index contributed by atoms with van der Waals surface area (Å²) >= 11 is 0. The molecule has 0 aliphatic rings. The summed E-state index contributed by atoms with van der Waals surface area (Å²) in [5, 5.41) is 18.1.